The maximum Gasteiger partial charge on any atom is 0.253 e. The van der Waals surface area contributed by atoms with Gasteiger partial charge in [-0.2, -0.15) is 0 Å². The number of benzene rings is 1. The Morgan fingerprint density at radius 2 is 1.95 bits per heavy atom. The van der Waals surface area contributed by atoms with Crippen molar-refractivity contribution >= 4 is 22.6 Å². The van der Waals surface area contributed by atoms with E-state index >= 15 is 0 Å². The van der Waals surface area contributed by atoms with Gasteiger partial charge in [-0.05, 0) is 37.1 Å². The first-order chi connectivity index (χ1) is 9.97. The van der Waals surface area contributed by atoms with Gasteiger partial charge in [0.15, 0.2) is 0 Å². The highest BCUT2D eigenvalue weighted by molar-refractivity contribution is 7.84. The van der Waals surface area contributed by atoms with Gasteiger partial charge in [0.2, 0.25) is 5.91 Å². The number of carbonyl (C=O) groups is 2. The van der Waals surface area contributed by atoms with E-state index in [-0.39, 0.29) is 17.9 Å². The van der Waals surface area contributed by atoms with Crippen LogP contribution in [0.2, 0.25) is 0 Å². The second-order valence-corrected chi connectivity index (χ2v) is 6.65. The summed E-state index contributed by atoms with van der Waals surface area (Å²) in [6.45, 7) is 2.74. The van der Waals surface area contributed by atoms with Crippen LogP contribution in [0, 0.1) is 0 Å². The third-order valence-corrected chi connectivity index (χ3v) is 4.49. The molecule has 1 aromatic carbocycles. The smallest absolute Gasteiger partial charge is 0.253 e. The molecular weight excluding hydrogens is 288 g/mol. The Labute approximate surface area is 127 Å². The second kappa shape index (κ2) is 6.85. The fourth-order valence-electron chi connectivity index (χ4n) is 2.54. The minimum absolute atomic E-state index is 0.0302. The number of rotatable bonds is 3. The fourth-order valence-corrected chi connectivity index (χ4v) is 3.06. The van der Waals surface area contributed by atoms with E-state index in [1.165, 1.54) is 6.92 Å². The molecule has 114 valence electrons. The van der Waals surface area contributed by atoms with Gasteiger partial charge < -0.3 is 10.2 Å². The number of nitrogens with one attached hydrogen (secondary N) is 1. The number of amides is 2. The van der Waals surface area contributed by atoms with E-state index in [9.17, 15) is 13.8 Å². The van der Waals surface area contributed by atoms with Crippen molar-refractivity contribution in [2.75, 3.05) is 19.3 Å². The van der Waals surface area contributed by atoms with E-state index < -0.39 is 10.8 Å². The monoisotopic (exact) mass is 308 g/mol. The van der Waals surface area contributed by atoms with Crippen LogP contribution in [0.4, 0.5) is 0 Å². The predicted octanol–water partition coefficient (Wildman–Crippen LogP) is 1.16. The molecule has 1 aliphatic rings. The van der Waals surface area contributed by atoms with E-state index in [0.717, 1.165) is 12.8 Å². The molecule has 1 N–H and O–H groups in total. The molecular formula is C15H20N2O3S. The normalized spacial score (nSPS) is 19.9. The summed E-state index contributed by atoms with van der Waals surface area (Å²) in [7, 11) is -1.04. The Bertz CT molecular complexity index is 557. The number of hydrogen-bond donors (Lipinski definition) is 1. The van der Waals surface area contributed by atoms with Crippen LogP contribution >= 0.6 is 0 Å². The summed E-state index contributed by atoms with van der Waals surface area (Å²) in [6.07, 6.45) is 3.39. The molecule has 1 heterocycles. The minimum atomic E-state index is -1.04. The summed E-state index contributed by atoms with van der Waals surface area (Å²) < 4.78 is 11.3. The van der Waals surface area contributed by atoms with Crippen molar-refractivity contribution in [3.05, 3.63) is 29.8 Å². The average molecular weight is 308 g/mol. The van der Waals surface area contributed by atoms with E-state index in [0.29, 0.717) is 23.5 Å². The summed E-state index contributed by atoms with van der Waals surface area (Å²) in [5.74, 6) is -0.109. The molecule has 0 bridgehead atoms. The molecule has 6 heteroatoms. The van der Waals surface area contributed by atoms with E-state index in [2.05, 4.69) is 5.32 Å². The zero-order valence-corrected chi connectivity index (χ0v) is 13.1. The third kappa shape index (κ3) is 4.14. The van der Waals surface area contributed by atoms with Gasteiger partial charge in [-0.3, -0.25) is 13.8 Å². The lowest BCUT2D eigenvalue weighted by molar-refractivity contribution is -0.120. The molecule has 2 unspecified atom stereocenters. The lowest BCUT2D eigenvalue weighted by Crippen LogP contribution is -2.49. The molecule has 1 saturated heterocycles. The minimum Gasteiger partial charge on any atom is -0.352 e. The number of hydrogen-bond acceptors (Lipinski definition) is 3. The molecule has 1 aliphatic heterocycles. The van der Waals surface area contributed by atoms with E-state index in [1.807, 2.05) is 0 Å². The van der Waals surface area contributed by atoms with Gasteiger partial charge in [0, 0.05) is 53.6 Å². The van der Waals surface area contributed by atoms with Gasteiger partial charge >= 0.3 is 0 Å². The Kier molecular flexibility index (Phi) is 5.12. The standard InChI is InChI=1S/C15H20N2O3S/c1-11(18)16-13-4-3-9-17(10-13)15(19)12-5-7-14(8-6-12)21(2)20/h5-8,13H,3-4,9-10H2,1-2H3,(H,16,18). The molecule has 0 radical (unpaired) electrons. The molecule has 0 aliphatic carbocycles. The van der Waals surface area contributed by atoms with Crippen LogP contribution in [-0.2, 0) is 15.6 Å². The molecule has 2 amide bonds. The quantitative estimate of drug-likeness (QED) is 0.911. The molecule has 1 aromatic rings. The summed E-state index contributed by atoms with van der Waals surface area (Å²) in [5.41, 5.74) is 0.590. The Balaban J connectivity index is 2.04. The third-order valence-electron chi connectivity index (χ3n) is 3.55. The summed E-state index contributed by atoms with van der Waals surface area (Å²) in [5, 5.41) is 2.87. The highest BCUT2D eigenvalue weighted by atomic mass is 32.2. The van der Waals surface area contributed by atoms with Gasteiger partial charge in [0.1, 0.15) is 0 Å². The van der Waals surface area contributed by atoms with E-state index in [1.54, 1.807) is 35.4 Å². The second-order valence-electron chi connectivity index (χ2n) is 5.27. The lowest BCUT2D eigenvalue weighted by atomic mass is 10.0. The lowest BCUT2D eigenvalue weighted by Gasteiger charge is -2.33. The van der Waals surface area contributed by atoms with Gasteiger partial charge in [0.25, 0.3) is 5.91 Å². The molecule has 21 heavy (non-hydrogen) atoms. The predicted molar refractivity (Wildman–Crippen MR) is 81.5 cm³/mol. The molecule has 0 saturated carbocycles. The van der Waals surface area contributed by atoms with Gasteiger partial charge in [0.05, 0.1) is 0 Å². The Morgan fingerprint density at radius 3 is 2.52 bits per heavy atom. The number of likely N-dealkylation sites (tertiary alicyclic amines) is 1. The average Bonchev–Trinajstić information content (AvgIpc) is 2.46. The topological polar surface area (TPSA) is 66.5 Å². The van der Waals surface area contributed by atoms with Crippen LogP contribution in [0.5, 0.6) is 0 Å². The van der Waals surface area contributed by atoms with Crippen molar-refractivity contribution in [1.29, 1.82) is 0 Å². The summed E-state index contributed by atoms with van der Waals surface area (Å²) in [6, 6.07) is 6.89. The van der Waals surface area contributed by atoms with Crippen LogP contribution in [0.1, 0.15) is 30.1 Å². The first-order valence-electron chi connectivity index (χ1n) is 6.97. The molecule has 5 nitrogen and oxygen atoms in total. The fraction of sp³-hybridized carbons (Fsp3) is 0.467. The molecule has 2 rings (SSSR count). The van der Waals surface area contributed by atoms with E-state index in [4.69, 9.17) is 0 Å². The number of carbonyl (C=O) groups excluding carboxylic acids is 2. The first-order valence-corrected chi connectivity index (χ1v) is 8.53. The van der Waals surface area contributed by atoms with Crippen molar-refractivity contribution in [3.8, 4) is 0 Å². The number of piperidine rings is 1. The maximum absolute atomic E-state index is 12.4. The highest BCUT2D eigenvalue weighted by Gasteiger charge is 2.24. The van der Waals surface area contributed by atoms with Crippen molar-refractivity contribution in [2.45, 2.75) is 30.7 Å². The zero-order chi connectivity index (χ0) is 15.4. The van der Waals surface area contributed by atoms with Crippen LogP contribution in [0.15, 0.2) is 29.2 Å². The first kappa shape index (κ1) is 15.7. The Morgan fingerprint density at radius 1 is 1.29 bits per heavy atom. The zero-order valence-electron chi connectivity index (χ0n) is 12.3. The molecule has 2 atom stereocenters. The van der Waals surface area contributed by atoms with Gasteiger partial charge in [-0.15, -0.1) is 0 Å². The van der Waals surface area contributed by atoms with Crippen LogP contribution in [0.3, 0.4) is 0 Å². The molecule has 1 fully saturated rings. The van der Waals surface area contributed by atoms with Crippen LogP contribution < -0.4 is 5.32 Å². The Hall–Kier alpha value is -1.69. The van der Waals surface area contributed by atoms with Crippen molar-refractivity contribution in [1.82, 2.24) is 10.2 Å². The highest BCUT2D eigenvalue weighted by Crippen LogP contribution is 2.15. The van der Waals surface area contributed by atoms with Crippen molar-refractivity contribution in [2.24, 2.45) is 0 Å². The van der Waals surface area contributed by atoms with Crippen molar-refractivity contribution < 1.29 is 13.8 Å². The van der Waals surface area contributed by atoms with Crippen LogP contribution in [-0.4, -0.2) is 46.3 Å². The molecule has 0 spiro atoms. The maximum atomic E-state index is 12.4. The SMILES string of the molecule is CC(=O)NC1CCCN(C(=O)c2ccc(S(C)=O)cc2)C1. The summed E-state index contributed by atoms with van der Waals surface area (Å²) >= 11 is 0. The van der Waals surface area contributed by atoms with Crippen LogP contribution in [0.25, 0.3) is 0 Å². The molecule has 0 aromatic heterocycles. The summed E-state index contributed by atoms with van der Waals surface area (Å²) in [4.78, 5) is 26.0. The number of nitrogens with zero attached hydrogens (tertiary/aromatic N) is 1. The van der Waals surface area contributed by atoms with Gasteiger partial charge in [-0.25, -0.2) is 0 Å². The largest absolute Gasteiger partial charge is 0.352 e. The van der Waals surface area contributed by atoms with Crippen molar-refractivity contribution in [3.63, 3.8) is 0 Å². The van der Waals surface area contributed by atoms with Gasteiger partial charge in [-0.1, -0.05) is 0 Å².